The zero-order valence-corrected chi connectivity index (χ0v) is 17.7. The molecule has 1 aliphatic rings. The predicted octanol–water partition coefficient (Wildman–Crippen LogP) is 2.90. The fourth-order valence-corrected chi connectivity index (χ4v) is 5.16. The number of rotatable bonds is 7. The van der Waals surface area contributed by atoms with Gasteiger partial charge in [0.1, 0.15) is 12.4 Å². The Bertz CT molecular complexity index is 924. The van der Waals surface area contributed by atoms with E-state index in [2.05, 4.69) is 5.32 Å². The quantitative estimate of drug-likeness (QED) is 0.704. The number of piperidine rings is 1. The van der Waals surface area contributed by atoms with E-state index in [0.717, 1.165) is 16.9 Å². The average molecular weight is 417 g/mol. The van der Waals surface area contributed by atoms with E-state index in [1.165, 1.54) is 4.31 Å². The van der Waals surface area contributed by atoms with E-state index < -0.39 is 10.0 Å². The third-order valence-electron chi connectivity index (χ3n) is 5.19. The molecule has 0 saturated carbocycles. The van der Waals surface area contributed by atoms with E-state index in [1.807, 2.05) is 32.0 Å². The number of hydrogen-bond acceptors (Lipinski definition) is 4. The molecule has 3 rings (SSSR count). The zero-order chi connectivity index (χ0) is 20.9. The minimum atomic E-state index is -3.57. The summed E-state index contributed by atoms with van der Waals surface area (Å²) in [5, 5.41) is 2.89. The topological polar surface area (TPSA) is 75.7 Å². The van der Waals surface area contributed by atoms with E-state index in [1.54, 1.807) is 30.3 Å². The summed E-state index contributed by atoms with van der Waals surface area (Å²) in [4.78, 5) is 12.8. The van der Waals surface area contributed by atoms with E-state index in [9.17, 15) is 13.2 Å². The van der Waals surface area contributed by atoms with Crippen LogP contribution in [0.25, 0.3) is 0 Å². The highest BCUT2D eigenvalue weighted by atomic mass is 32.2. The van der Waals surface area contributed by atoms with Gasteiger partial charge in [-0.2, -0.15) is 4.31 Å². The molecule has 1 amide bonds. The molecule has 156 valence electrons. The number of nitrogens with one attached hydrogen (secondary N) is 1. The summed E-state index contributed by atoms with van der Waals surface area (Å²) in [7, 11) is -3.57. The van der Waals surface area contributed by atoms with Crippen LogP contribution in [0.15, 0.2) is 53.4 Å². The van der Waals surface area contributed by atoms with Gasteiger partial charge in [-0.1, -0.05) is 36.4 Å². The van der Waals surface area contributed by atoms with Crippen molar-refractivity contribution < 1.29 is 17.9 Å². The molecule has 1 saturated heterocycles. The molecular formula is C22H28N2O4S. The Morgan fingerprint density at radius 3 is 2.48 bits per heavy atom. The summed E-state index contributed by atoms with van der Waals surface area (Å²) in [6, 6.07) is 14.3. The zero-order valence-electron chi connectivity index (χ0n) is 16.9. The molecule has 0 bridgehead atoms. The van der Waals surface area contributed by atoms with Gasteiger partial charge in [-0.25, -0.2) is 8.42 Å². The number of aryl methyl sites for hydroxylation is 2. The van der Waals surface area contributed by atoms with Crippen LogP contribution in [0, 0.1) is 19.8 Å². The van der Waals surface area contributed by atoms with Crippen molar-refractivity contribution in [2.75, 3.05) is 26.2 Å². The number of sulfonamides is 1. The van der Waals surface area contributed by atoms with Crippen LogP contribution >= 0.6 is 0 Å². The minimum Gasteiger partial charge on any atom is -0.491 e. The predicted molar refractivity (Wildman–Crippen MR) is 112 cm³/mol. The molecule has 7 heteroatoms. The highest BCUT2D eigenvalue weighted by Gasteiger charge is 2.33. The van der Waals surface area contributed by atoms with Crippen LogP contribution in [-0.4, -0.2) is 44.9 Å². The first kappa shape index (κ1) is 21.3. The Morgan fingerprint density at radius 2 is 1.79 bits per heavy atom. The molecule has 1 fully saturated rings. The van der Waals surface area contributed by atoms with Crippen LogP contribution in [0.3, 0.4) is 0 Å². The van der Waals surface area contributed by atoms with Gasteiger partial charge in [-0.05, 0) is 49.9 Å². The van der Waals surface area contributed by atoms with Gasteiger partial charge in [-0.3, -0.25) is 4.79 Å². The number of para-hydroxylation sites is 1. The Kier molecular flexibility index (Phi) is 6.92. The molecular weight excluding hydrogens is 388 g/mol. The number of nitrogens with zero attached hydrogens (tertiary/aromatic N) is 1. The molecule has 2 aromatic carbocycles. The highest BCUT2D eigenvalue weighted by Crippen LogP contribution is 2.24. The lowest BCUT2D eigenvalue weighted by atomic mass is 9.99. The van der Waals surface area contributed by atoms with Crippen molar-refractivity contribution in [3.63, 3.8) is 0 Å². The first-order chi connectivity index (χ1) is 13.9. The van der Waals surface area contributed by atoms with Crippen molar-refractivity contribution in [3.05, 3.63) is 59.7 Å². The number of amides is 1. The third kappa shape index (κ3) is 5.16. The Hall–Kier alpha value is -2.38. The smallest absolute Gasteiger partial charge is 0.243 e. The van der Waals surface area contributed by atoms with E-state index in [4.69, 9.17) is 4.74 Å². The first-order valence-electron chi connectivity index (χ1n) is 9.91. The Labute approximate surface area is 172 Å². The fraction of sp³-hybridized carbons (Fsp3) is 0.409. The molecule has 1 heterocycles. The first-order valence-corrected chi connectivity index (χ1v) is 11.4. The summed E-state index contributed by atoms with van der Waals surface area (Å²) < 4.78 is 32.9. The summed E-state index contributed by atoms with van der Waals surface area (Å²) in [6.07, 6.45) is 1.35. The normalized spacial score (nSPS) is 17.7. The molecule has 0 aromatic heterocycles. The molecule has 0 radical (unpaired) electrons. The summed E-state index contributed by atoms with van der Waals surface area (Å²) >= 11 is 0. The van der Waals surface area contributed by atoms with Crippen molar-refractivity contribution in [1.82, 2.24) is 9.62 Å². The second-order valence-electron chi connectivity index (χ2n) is 7.38. The van der Waals surface area contributed by atoms with Gasteiger partial charge in [-0.15, -0.1) is 0 Å². The Morgan fingerprint density at radius 1 is 1.10 bits per heavy atom. The second kappa shape index (κ2) is 9.41. The molecule has 6 nitrogen and oxygen atoms in total. The number of carbonyl (C=O) groups excluding carboxylic acids is 1. The third-order valence-corrected chi connectivity index (χ3v) is 7.07. The summed E-state index contributed by atoms with van der Waals surface area (Å²) in [5.41, 5.74) is 2.12. The fourth-order valence-electron chi connectivity index (χ4n) is 3.61. The van der Waals surface area contributed by atoms with Crippen molar-refractivity contribution in [1.29, 1.82) is 0 Å². The van der Waals surface area contributed by atoms with Crippen molar-refractivity contribution in [3.8, 4) is 5.75 Å². The van der Waals surface area contributed by atoms with Crippen LogP contribution in [0.5, 0.6) is 5.75 Å². The van der Waals surface area contributed by atoms with Crippen LogP contribution in [-0.2, 0) is 14.8 Å². The lowest BCUT2D eigenvalue weighted by Gasteiger charge is -2.31. The largest absolute Gasteiger partial charge is 0.491 e. The number of benzene rings is 2. The average Bonchev–Trinajstić information content (AvgIpc) is 2.73. The number of carbonyl (C=O) groups is 1. The van der Waals surface area contributed by atoms with Crippen molar-refractivity contribution in [2.45, 2.75) is 31.6 Å². The molecule has 1 aliphatic heterocycles. The van der Waals surface area contributed by atoms with Gasteiger partial charge in [0.05, 0.1) is 17.4 Å². The maximum atomic E-state index is 12.8. The summed E-state index contributed by atoms with van der Waals surface area (Å²) in [6.45, 7) is 5.39. The number of hydrogen-bond donors (Lipinski definition) is 1. The van der Waals surface area contributed by atoms with Gasteiger partial charge in [0.2, 0.25) is 15.9 Å². The SMILES string of the molecule is Cc1cccc(C)c1OCCNC(=O)C1CCCN(S(=O)(=O)c2ccccc2)C1. The van der Waals surface area contributed by atoms with Crippen molar-refractivity contribution in [2.24, 2.45) is 5.92 Å². The van der Waals surface area contributed by atoms with Gasteiger partial charge in [0, 0.05) is 13.1 Å². The summed E-state index contributed by atoms with van der Waals surface area (Å²) in [5.74, 6) is 0.380. The molecule has 0 spiro atoms. The van der Waals surface area contributed by atoms with E-state index in [0.29, 0.717) is 32.5 Å². The molecule has 0 aliphatic carbocycles. The van der Waals surface area contributed by atoms with Gasteiger partial charge < -0.3 is 10.1 Å². The maximum absolute atomic E-state index is 12.8. The molecule has 29 heavy (non-hydrogen) atoms. The van der Waals surface area contributed by atoms with Crippen LogP contribution < -0.4 is 10.1 Å². The Balaban J connectivity index is 1.52. The van der Waals surface area contributed by atoms with E-state index >= 15 is 0 Å². The maximum Gasteiger partial charge on any atom is 0.243 e. The lowest BCUT2D eigenvalue weighted by molar-refractivity contribution is -0.126. The van der Waals surface area contributed by atoms with Gasteiger partial charge in [0.15, 0.2) is 0 Å². The molecule has 2 aromatic rings. The second-order valence-corrected chi connectivity index (χ2v) is 9.31. The molecule has 1 N–H and O–H groups in total. The lowest BCUT2D eigenvalue weighted by Crippen LogP contribution is -2.45. The monoisotopic (exact) mass is 416 g/mol. The highest BCUT2D eigenvalue weighted by molar-refractivity contribution is 7.89. The van der Waals surface area contributed by atoms with E-state index in [-0.39, 0.29) is 23.3 Å². The van der Waals surface area contributed by atoms with Gasteiger partial charge >= 0.3 is 0 Å². The van der Waals surface area contributed by atoms with Crippen LogP contribution in [0.2, 0.25) is 0 Å². The van der Waals surface area contributed by atoms with Gasteiger partial charge in [0.25, 0.3) is 0 Å². The number of ether oxygens (including phenoxy) is 1. The molecule has 1 unspecified atom stereocenters. The standard InChI is InChI=1S/C22H28N2O4S/c1-17-8-6-9-18(2)21(17)28-15-13-23-22(25)19-10-7-14-24(16-19)29(26,27)20-11-4-3-5-12-20/h3-6,8-9,11-12,19H,7,10,13-16H2,1-2H3,(H,23,25). The van der Waals surface area contributed by atoms with Crippen molar-refractivity contribution >= 4 is 15.9 Å². The molecule has 1 atom stereocenters. The minimum absolute atomic E-state index is 0.122. The van der Waals surface area contributed by atoms with Crippen LogP contribution in [0.4, 0.5) is 0 Å². The van der Waals surface area contributed by atoms with Crippen LogP contribution in [0.1, 0.15) is 24.0 Å².